The van der Waals surface area contributed by atoms with Crippen LogP contribution in [0.25, 0.3) is 10.9 Å². The number of nitrogens with one attached hydrogen (secondary N) is 8. The number of unbranched alkanes of at least 4 members (excludes halogenated alkanes) is 1. The molecule has 0 radical (unpaired) electrons. The third-order valence-corrected chi connectivity index (χ3v) is 11.1. The second-order valence-electron chi connectivity index (χ2n) is 15.9. The van der Waals surface area contributed by atoms with Crippen LogP contribution in [0.4, 0.5) is 4.79 Å². The highest BCUT2D eigenvalue weighted by atomic mass is 16.2. The predicted molar refractivity (Wildman–Crippen MR) is 243 cm³/mol. The maximum atomic E-state index is 13.8. The van der Waals surface area contributed by atoms with Gasteiger partial charge in [-0.1, -0.05) is 48.5 Å². The summed E-state index contributed by atoms with van der Waals surface area (Å²) >= 11 is 0. The second-order valence-corrected chi connectivity index (χ2v) is 15.9. The van der Waals surface area contributed by atoms with Crippen molar-refractivity contribution in [1.82, 2.24) is 51.8 Å². The summed E-state index contributed by atoms with van der Waals surface area (Å²) in [6.45, 7) is 0.426. The van der Waals surface area contributed by atoms with Crippen LogP contribution in [0, 0.1) is 0 Å². The number of para-hydroxylation sites is 1. The summed E-state index contributed by atoms with van der Waals surface area (Å²) in [5.41, 5.74) is 19.4. The van der Waals surface area contributed by atoms with Crippen molar-refractivity contribution in [3.63, 3.8) is 0 Å². The molecule has 0 unspecified atom stereocenters. The summed E-state index contributed by atoms with van der Waals surface area (Å²) in [6.07, 6.45) is 6.51. The first kappa shape index (κ1) is 49.4. The summed E-state index contributed by atoms with van der Waals surface area (Å²) in [7, 11) is 1.62. The summed E-state index contributed by atoms with van der Waals surface area (Å²) in [5, 5.41) is 17.2. The zero-order valence-electron chi connectivity index (χ0n) is 36.6. The number of hydrogen-bond donors (Lipinski definition) is 11. The molecule has 0 saturated carbocycles. The number of primary amides is 1. The SMILES string of the molecule is CN[C@@H](CCCN=C(N)N)C(=O)N[C@@H](Cc1c[nH]c2ccccc12)C(=O)N[C@@H](CCCCNC(=O)C[C@@H]1NC(=O)N([C@@H](Cc2cnc[nH]2)C(=O)N[C@@H](C=O)Cc2ccccc2)C1=O)C(N)=O. The lowest BCUT2D eigenvalue weighted by molar-refractivity contribution is -0.137. The number of likely N-dealkylation sites (N-methyl/N-ethyl adjacent to an activating group) is 1. The molecule has 22 nitrogen and oxygen atoms in total. The van der Waals surface area contributed by atoms with Crippen molar-refractivity contribution in [2.75, 3.05) is 20.1 Å². The van der Waals surface area contributed by atoms with Gasteiger partial charge in [-0.05, 0) is 62.8 Å². The number of fused-ring (bicyclic) bond motifs is 1. The van der Waals surface area contributed by atoms with Gasteiger partial charge in [0.15, 0.2) is 5.96 Å². The molecule has 2 aromatic carbocycles. The van der Waals surface area contributed by atoms with Crippen LogP contribution in [0.15, 0.2) is 78.3 Å². The highest BCUT2D eigenvalue weighted by molar-refractivity contribution is 6.09. The average molecular weight is 911 g/mol. The molecule has 352 valence electrons. The van der Waals surface area contributed by atoms with E-state index in [4.69, 9.17) is 17.2 Å². The van der Waals surface area contributed by atoms with Gasteiger partial charge in [-0.2, -0.15) is 0 Å². The fourth-order valence-electron chi connectivity index (χ4n) is 7.60. The van der Waals surface area contributed by atoms with Crippen molar-refractivity contribution in [2.24, 2.45) is 22.2 Å². The van der Waals surface area contributed by atoms with Crippen molar-refractivity contribution in [3.8, 4) is 0 Å². The van der Waals surface area contributed by atoms with Crippen molar-refractivity contribution in [3.05, 3.63) is 90.1 Å². The molecule has 0 aliphatic carbocycles. The molecule has 5 rings (SSSR count). The monoisotopic (exact) mass is 910 g/mol. The number of aliphatic imine (C=N–C) groups is 1. The Morgan fingerprint density at radius 2 is 1.55 bits per heavy atom. The summed E-state index contributed by atoms with van der Waals surface area (Å²) in [4.78, 5) is 120. The Labute approximate surface area is 380 Å². The number of carbonyl (C=O) groups is 8. The average Bonchev–Trinajstić information content (AvgIpc) is 4.03. The van der Waals surface area contributed by atoms with Crippen LogP contribution >= 0.6 is 0 Å². The summed E-state index contributed by atoms with van der Waals surface area (Å²) in [5.74, 6) is -4.05. The minimum Gasteiger partial charge on any atom is -0.370 e. The number of nitrogens with two attached hydrogens (primary N) is 3. The Hall–Kier alpha value is -7.62. The van der Waals surface area contributed by atoms with E-state index < -0.39 is 84.1 Å². The smallest absolute Gasteiger partial charge is 0.325 e. The number of aldehydes is 1. The second kappa shape index (κ2) is 24.4. The molecule has 6 atom stereocenters. The minimum atomic E-state index is -1.37. The maximum Gasteiger partial charge on any atom is 0.325 e. The molecule has 2 aromatic heterocycles. The molecule has 66 heavy (non-hydrogen) atoms. The predicted octanol–water partition coefficient (Wildman–Crippen LogP) is -1.34. The molecule has 3 heterocycles. The van der Waals surface area contributed by atoms with Crippen LogP contribution < -0.4 is 49.1 Å². The summed E-state index contributed by atoms with van der Waals surface area (Å²) < 4.78 is 0. The lowest BCUT2D eigenvalue weighted by atomic mass is 10.0. The molecular formula is C44H58N14O8. The Balaban J connectivity index is 1.14. The van der Waals surface area contributed by atoms with Crippen LogP contribution in [0.1, 0.15) is 55.3 Å². The normalized spacial score (nSPS) is 15.7. The van der Waals surface area contributed by atoms with Gasteiger partial charge in [0.2, 0.25) is 29.5 Å². The first-order valence-corrected chi connectivity index (χ1v) is 21.6. The fourth-order valence-corrected chi connectivity index (χ4v) is 7.60. The van der Waals surface area contributed by atoms with E-state index in [1.807, 2.05) is 30.3 Å². The molecule has 14 N–H and O–H groups in total. The number of guanidine groups is 1. The van der Waals surface area contributed by atoms with Crippen molar-refractivity contribution in [2.45, 2.75) is 94.0 Å². The van der Waals surface area contributed by atoms with Gasteiger partial charge in [-0.3, -0.25) is 33.8 Å². The van der Waals surface area contributed by atoms with Crippen LogP contribution in [0.5, 0.6) is 0 Å². The lowest BCUT2D eigenvalue weighted by Crippen LogP contribution is -2.56. The van der Waals surface area contributed by atoms with E-state index in [1.165, 1.54) is 12.5 Å². The zero-order valence-corrected chi connectivity index (χ0v) is 36.6. The number of imidazole rings is 1. The third-order valence-electron chi connectivity index (χ3n) is 11.1. The van der Waals surface area contributed by atoms with Crippen LogP contribution in [0.2, 0.25) is 0 Å². The van der Waals surface area contributed by atoms with E-state index in [-0.39, 0.29) is 38.2 Å². The number of rotatable bonds is 27. The zero-order chi connectivity index (χ0) is 47.6. The topological polar surface area (TPSA) is 347 Å². The molecule has 1 saturated heterocycles. The number of nitrogens with zero attached hydrogens (tertiary/aromatic N) is 3. The molecule has 4 aromatic rings. The van der Waals surface area contributed by atoms with Gasteiger partial charge in [0.05, 0.1) is 24.8 Å². The quantitative estimate of drug-likeness (QED) is 0.0109. The van der Waals surface area contributed by atoms with E-state index >= 15 is 0 Å². The largest absolute Gasteiger partial charge is 0.370 e. The van der Waals surface area contributed by atoms with Gasteiger partial charge in [0.1, 0.15) is 30.5 Å². The van der Waals surface area contributed by atoms with Crippen molar-refractivity contribution < 1.29 is 38.4 Å². The third kappa shape index (κ3) is 14.2. The Kier molecular flexibility index (Phi) is 18.3. The molecule has 0 bridgehead atoms. The van der Waals surface area contributed by atoms with Gasteiger partial charge in [-0.25, -0.2) is 14.7 Å². The molecular weight excluding hydrogens is 853 g/mol. The fraction of sp³-hybridized carbons (Fsp3) is 0.409. The van der Waals surface area contributed by atoms with E-state index in [1.54, 1.807) is 37.5 Å². The van der Waals surface area contributed by atoms with Crippen LogP contribution in [0.3, 0.4) is 0 Å². The van der Waals surface area contributed by atoms with Gasteiger partial charge in [0, 0.05) is 54.9 Å². The van der Waals surface area contributed by atoms with Crippen LogP contribution in [-0.2, 0) is 52.8 Å². The molecule has 1 aliphatic rings. The van der Waals surface area contributed by atoms with Gasteiger partial charge >= 0.3 is 6.03 Å². The highest BCUT2D eigenvalue weighted by Gasteiger charge is 2.45. The van der Waals surface area contributed by atoms with E-state index in [0.717, 1.165) is 26.9 Å². The van der Waals surface area contributed by atoms with E-state index in [9.17, 15) is 38.4 Å². The number of amides is 8. The molecule has 0 spiro atoms. The first-order valence-electron chi connectivity index (χ1n) is 21.6. The van der Waals surface area contributed by atoms with Crippen molar-refractivity contribution in [1.29, 1.82) is 0 Å². The Bertz CT molecular complexity index is 2330. The maximum absolute atomic E-state index is 13.8. The minimum absolute atomic E-state index is 0.0613. The standard InChI is InChI=1S/C44H58N14O8/c1-48-33(15-9-17-51-43(46)47)39(62)56-34(19-27-22-52-31-13-6-5-12-30(27)31)40(63)55-32(38(45)61)14-7-8-16-50-37(60)21-35-42(65)58(44(66)57-35)36(20-28-23-49-25-53-28)41(64)54-29(24-59)18-26-10-3-2-4-11-26/h2-6,10-13,22-25,29,32-36,48,52H,7-9,14-21H2,1H3,(H2,45,61)(H,49,53)(H,50,60)(H,54,64)(H,55,63)(H,56,62)(H,57,66)(H4,46,47,51)/t29-,32+,33+,34+,35+,36+/m1/s1. The Morgan fingerprint density at radius 3 is 2.24 bits per heavy atom. The van der Waals surface area contributed by atoms with Gasteiger partial charge in [0.25, 0.3) is 5.91 Å². The van der Waals surface area contributed by atoms with Crippen LogP contribution in [-0.4, -0.2) is 130 Å². The number of aromatic nitrogens is 3. The number of H-pyrrole nitrogens is 2. The highest BCUT2D eigenvalue weighted by Crippen LogP contribution is 2.20. The number of urea groups is 1. The number of aromatic amines is 2. The first-order chi connectivity index (χ1) is 31.8. The number of hydrogen-bond acceptors (Lipinski definition) is 11. The van der Waals surface area contributed by atoms with Gasteiger partial charge in [-0.15, -0.1) is 0 Å². The van der Waals surface area contributed by atoms with E-state index in [2.05, 4.69) is 51.8 Å². The number of imide groups is 1. The molecule has 1 aliphatic heterocycles. The number of carbonyl (C=O) groups excluding carboxylic acids is 8. The Morgan fingerprint density at radius 1 is 0.833 bits per heavy atom. The van der Waals surface area contributed by atoms with E-state index in [0.29, 0.717) is 44.2 Å². The molecule has 22 heteroatoms. The summed E-state index contributed by atoms with van der Waals surface area (Å²) in [6, 6.07) is 9.14. The molecule has 1 fully saturated rings. The van der Waals surface area contributed by atoms with Crippen molar-refractivity contribution >= 4 is 64.6 Å². The molecule has 8 amide bonds. The van der Waals surface area contributed by atoms with Gasteiger partial charge < -0.3 is 63.9 Å². The number of benzene rings is 2. The lowest BCUT2D eigenvalue weighted by Gasteiger charge is -2.25.